The Hall–Kier alpha value is -1.55. The maximum absolute atomic E-state index is 10.9. The summed E-state index contributed by atoms with van der Waals surface area (Å²) in [5.41, 5.74) is 2.95. The van der Waals surface area contributed by atoms with E-state index in [2.05, 4.69) is 5.73 Å². The number of quaternary nitrogens is 1. The maximum Gasteiger partial charge on any atom is 0.160 e. The molecule has 0 spiro atoms. The van der Waals surface area contributed by atoms with Crippen molar-refractivity contribution in [2.24, 2.45) is 0 Å². The molecule has 0 fully saturated rings. The van der Waals surface area contributed by atoms with E-state index >= 15 is 0 Å². The first-order valence-corrected chi connectivity index (χ1v) is 4.37. The topological polar surface area (TPSA) is 88.0 Å². The van der Waals surface area contributed by atoms with Crippen molar-refractivity contribution in [1.29, 1.82) is 0 Å². The first-order valence-electron chi connectivity index (χ1n) is 4.37. The van der Waals surface area contributed by atoms with Crippen LogP contribution in [0, 0.1) is 0 Å². The molecule has 4 N–H and O–H groups in total. The van der Waals surface area contributed by atoms with E-state index in [0.717, 1.165) is 0 Å². The number of aromatic hydroxyl groups is 1. The molecule has 14 heavy (non-hydrogen) atoms. The van der Waals surface area contributed by atoms with Crippen LogP contribution in [0.5, 0.6) is 5.75 Å². The maximum atomic E-state index is 10.9. The Morgan fingerprint density at radius 1 is 1.50 bits per heavy atom. The molecular weight excluding hydrogens is 182 g/mol. The predicted molar refractivity (Wildman–Crippen MR) is 48.0 cm³/mol. The van der Waals surface area contributed by atoms with Crippen LogP contribution in [0.15, 0.2) is 24.3 Å². The second-order valence-corrected chi connectivity index (χ2v) is 3.27. The Morgan fingerprint density at radius 3 is 2.36 bits per heavy atom. The summed E-state index contributed by atoms with van der Waals surface area (Å²) in [5, 5.41) is 20.0. The SMILES string of the molecule is CC[C@@]([NH3+])(C(=O)[O-])c1ccc(O)cc1. The highest BCUT2D eigenvalue weighted by molar-refractivity contribution is 5.76. The van der Waals surface area contributed by atoms with E-state index in [4.69, 9.17) is 5.11 Å². The van der Waals surface area contributed by atoms with Gasteiger partial charge in [0.25, 0.3) is 0 Å². The summed E-state index contributed by atoms with van der Waals surface area (Å²) < 4.78 is 0. The van der Waals surface area contributed by atoms with Gasteiger partial charge in [-0.2, -0.15) is 0 Å². The van der Waals surface area contributed by atoms with Crippen LogP contribution in [-0.2, 0) is 10.3 Å². The number of carboxylic acids is 1. The Bertz CT molecular complexity index is 334. The third kappa shape index (κ3) is 1.70. The minimum atomic E-state index is -1.23. The summed E-state index contributed by atoms with van der Waals surface area (Å²) in [6, 6.07) is 5.96. The zero-order valence-electron chi connectivity index (χ0n) is 7.99. The highest BCUT2D eigenvalue weighted by atomic mass is 16.4. The molecule has 1 rings (SSSR count). The molecule has 0 aliphatic carbocycles. The summed E-state index contributed by atoms with van der Waals surface area (Å²) in [6.45, 7) is 1.73. The Labute approximate surface area is 82.0 Å². The van der Waals surface area contributed by atoms with Crippen LogP contribution in [0.4, 0.5) is 0 Å². The standard InChI is InChI=1S/C10H13NO3/c1-2-10(11,9(13)14)7-3-5-8(12)6-4-7/h3-6,12H,2,11H2,1H3,(H,13,14)/t10-/m0/s1. The number of carboxylic acid groups (broad SMARTS) is 1. The number of benzene rings is 1. The van der Waals surface area contributed by atoms with Crippen molar-refractivity contribution in [3.8, 4) is 5.75 Å². The number of phenols is 1. The number of carbonyl (C=O) groups is 1. The van der Waals surface area contributed by atoms with Crippen LogP contribution in [0.25, 0.3) is 0 Å². The van der Waals surface area contributed by atoms with Gasteiger partial charge in [0.05, 0.1) is 0 Å². The third-order valence-corrected chi connectivity index (χ3v) is 2.41. The second-order valence-electron chi connectivity index (χ2n) is 3.27. The number of aliphatic carboxylic acids is 1. The lowest BCUT2D eigenvalue weighted by Gasteiger charge is -2.25. The van der Waals surface area contributed by atoms with Crippen molar-refractivity contribution in [2.45, 2.75) is 18.9 Å². The zero-order valence-corrected chi connectivity index (χ0v) is 7.99. The van der Waals surface area contributed by atoms with Crippen molar-refractivity contribution in [1.82, 2.24) is 0 Å². The fourth-order valence-corrected chi connectivity index (χ4v) is 1.25. The monoisotopic (exact) mass is 195 g/mol. The number of phenolic OH excluding ortho intramolecular Hbond substituents is 1. The molecular formula is C10H13NO3. The Morgan fingerprint density at radius 2 is 2.00 bits per heavy atom. The minimum Gasteiger partial charge on any atom is -0.543 e. The van der Waals surface area contributed by atoms with Gasteiger partial charge in [0.2, 0.25) is 0 Å². The second kappa shape index (κ2) is 3.67. The van der Waals surface area contributed by atoms with Gasteiger partial charge >= 0.3 is 0 Å². The first-order chi connectivity index (χ1) is 6.50. The lowest BCUT2D eigenvalue weighted by atomic mass is 9.88. The van der Waals surface area contributed by atoms with Gasteiger partial charge in [0.15, 0.2) is 5.54 Å². The van der Waals surface area contributed by atoms with Crippen molar-refractivity contribution in [3.05, 3.63) is 29.8 Å². The van der Waals surface area contributed by atoms with Crippen LogP contribution in [-0.4, -0.2) is 11.1 Å². The quantitative estimate of drug-likeness (QED) is 0.647. The molecule has 76 valence electrons. The number of hydrogen-bond donors (Lipinski definition) is 2. The molecule has 0 aromatic heterocycles. The summed E-state index contributed by atoms with van der Waals surface area (Å²) in [5.74, 6) is -1.10. The Balaban J connectivity index is 3.13. The molecule has 1 atom stereocenters. The van der Waals surface area contributed by atoms with Crippen LogP contribution in [0.3, 0.4) is 0 Å². The van der Waals surface area contributed by atoms with E-state index in [9.17, 15) is 9.90 Å². The van der Waals surface area contributed by atoms with Crippen LogP contribution in [0.2, 0.25) is 0 Å². The van der Waals surface area contributed by atoms with E-state index in [1.807, 2.05) is 0 Å². The Kier molecular flexibility index (Phi) is 2.76. The van der Waals surface area contributed by atoms with Gasteiger partial charge in [-0.1, -0.05) is 6.92 Å². The van der Waals surface area contributed by atoms with E-state index in [0.29, 0.717) is 12.0 Å². The van der Waals surface area contributed by atoms with Gasteiger partial charge in [0.1, 0.15) is 11.7 Å². The van der Waals surface area contributed by atoms with Crippen molar-refractivity contribution in [3.63, 3.8) is 0 Å². The summed E-state index contributed by atoms with van der Waals surface area (Å²) >= 11 is 0. The van der Waals surface area contributed by atoms with Crippen molar-refractivity contribution in [2.75, 3.05) is 0 Å². The van der Waals surface area contributed by atoms with Crippen LogP contribution in [0.1, 0.15) is 18.9 Å². The summed E-state index contributed by atoms with van der Waals surface area (Å²) in [4.78, 5) is 10.9. The average molecular weight is 195 g/mol. The van der Waals surface area contributed by atoms with Crippen molar-refractivity contribution < 1.29 is 20.7 Å². The fourth-order valence-electron chi connectivity index (χ4n) is 1.25. The van der Waals surface area contributed by atoms with E-state index in [1.54, 1.807) is 19.1 Å². The lowest BCUT2D eigenvalue weighted by molar-refractivity contribution is -0.495. The van der Waals surface area contributed by atoms with E-state index in [-0.39, 0.29) is 5.75 Å². The van der Waals surface area contributed by atoms with Gasteiger partial charge in [-0.25, -0.2) is 0 Å². The lowest BCUT2D eigenvalue weighted by Crippen LogP contribution is -2.76. The van der Waals surface area contributed by atoms with Gasteiger partial charge in [-0.05, 0) is 24.3 Å². The first kappa shape index (κ1) is 10.5. The normalized spacial score (nSPS) is 14.7. The van der Waals surface area contributed by atoms with Crippen LogP contribution >= 0.6 is 0 Å². The molecule has 0 aliphatic rings. The smallest absolute Gasteiger partial charge is 0.160 e. The highest BCUT2D eigenvalue weighted by Crippen LogP contribution is 2.21. The fraction of sp³-hybridized carbons (Fsp3) is 0.300. The van der Waals surface area contributed by atoms with E-state index in [1.165, 1.54) is 12.1 Å². The minimum absolute atomic E-state index is 0.102. The van der Waals surface area contributed by atoms with Gasteiger partial charge < -0.3 is 20.7 Å². The highest BCUT2D eigenvalue weighted by Gasteiger charge is 2.31. The number of rotatable bonds is 3. The largest absolute Gasteiger partial charge is 0.543 e. The molecule has 1 aromatic carbocycles. The van der Waals surface area contributed by atoms with Crippen LogP contribution < -0.4 is 10.8 Å². The van der Waals surface area contributed by atoms with E-state index < -0.39 is 11.5 Å². The van der Waals surface area contributed by atoms with Gasteiger partial charge in [-0.15, -0.1) is 0 Å². The molecule has 1 aromatic rings. The summed E-state index contributed by atoms with van der Waals surface area (Å²) in [7, 11) is 0. The third-order valence-electron chi connectivity index (χ3n) is 2.41. The van der Waals surface area contributed by atoms with Crippen molar-refractivity contribution >= 4 is 5.97 Å². The molecule has 0 amide bonds. The molecule has 0 aliphatic heterocycles. The molecule has 4 heteroatoms. The average Bonchev–Trinajstić information content (AvgIpc) is 2.17. The molecule has 0 heterocycles. The van der Waals surface area contributed by atoms with Gasteiger partial charge in [-0.3, -0.25) is 0 Å². The molecule has 0 saturated heterocycles. The number of hydrogen-bond acceptors (Lipinski definition) is 3. The predicted octanol–water partition coefficient (Wildman–Crippen LogP) is -1.01. The molecule has 0 bridgehead atoms. The molecule has 0 unspecified atom stereocenters. The number of carbonyl (C=O) groups excluding carboxylic acids is 1. The zero-order chi connectivity index (χ0) is 10.8. The molecule has 0 radical (unpaired) electrons. The molecule has 0 saturated carbocycles. The summed E-state index contributed by atoms with van der Waals surface area (Å²) in [6.07, 6.45) is 0.347. The molecule has 4 nitrogen and oxygen atoms in total. The van der Waals surface area contributed by atoms with Gasteiger partial charge in [0, 0.05) is 12.0 Å².